The van der Waals surface area contributed by atoms with Crippen molar-refractivity contribution >= 4 is 16.7 Å². The third-order valence-corrected chi connectivity index (χ3v) is 4.13. The minimum absolute atomic E-state index is 0.0649. The molecule has 0 saturated heterocycles. The van der Waals surface area contributed by atoms with E-state index in [1.54, 1.807) is 37.6 Å². The average molecular weight is 366 g/mol. The second kappa shape index (κ2) is 6.68. The maximum Gasteiger partial charge on any atom is 0.163 e. The average Bonchev–Trinajstić information content (AvgIpc) is 2.67. The van der Waals surface area contributed by atoms with Crippen LogP contribution in [0.5, 0.6) is 0 Å². The van der Waals surface area contributed by atoms with E-state index in [4.69, 9.17) is 0 Å². The number of nitrogens with one attached hydrogen (secondary N) is 1. The van der Waals surface area contributed by atoms with E-state index >= 15 is 4.39 Å². The highest BCUT2D eigenvalue weighted by molar-refractivity contribution is 5.94. The van der Waals surface area contributed by atoms with Crippen molar-refractivity contribution in [1.29, 1.82) is 0 Å². The van der Waals surface area contributed by atoms with Crippen molar-refractivity contribution < 1.29 is 13.2 Å². The number of rotatable bonds is 3. The Morgan fingerprint density at radius 2 is 1.67 bits per heavy atom. The number of nitrogens with zero attached hydrogens (tertiary/aromatic N) is 3. The van der Waals surface area contributed by atoms with Crippen LogP contribution in [0.25, 0.3) is 33.4 Å². The third-order valence-electron chi connectivity index (χ3n) is 4.13. The lowest BCUT2D eigenvalue weighted by molar-refractivity contribution is 0.583. The number of anilines is 1. The van der Waals surface area contributed by atoms with Crippen molar-refractivity contribution in [3.8, 4) is 22.5 Å². The zero-order chi connectivity index (χ0) is 19.0. The number of fused-ring (bicyclic) bond motifs is 1. The third kappa shape index (κ3) is 3.08. The fourth-order valence-corrected chi connectivity index (χ4v) is 2.92. The zero-order valence-electron chi connectivity index (χ0n) is 14.2. The van der Waals surface area contributed by atoms with E-state index in [1.165, 1.54) is 6.07 Å². The summed E-state index contributed by atoms with van der Waals surface area (Å²) in [5, 5.41) is 3.01. The SMILES string of the molecule is CNc1nc(-c2cccnc2)nc2ccc(-c3cc(F)cc(F)c3)c(F)c12. The normalized spacial score (nSPS) is 11.0. The van der Waals surface area contributed by atoms with Gasteiger partial charge in [-0.05, 0) is 42.0 Å². The summed E-state index contributed by atoms with van der Waals surface area (Å²) in [4.78, 5) is 12.8. The van der Waals surface area contributed by atoms with Gasteiger partial charge in [0.15, 0.2) is 5.82 Å². The van der Waals surface area contributed by atoms with E-state index in [0.717, 1.165) is 18.2 Å². The predicted molar refractivity (Wildman–Crippen MR) is 97.6 cm³/mol. The van der Waals surface area contributed by atoms with E-state index in [0.29, 0.717) is 16.9 Å². The summed E-state index contributed by atoms with van der Waals surface area (Å²) in [5.74, 6) is -1.54. The molecule has 0 aliphatic heterocycles. The first-order valence-corrected chi connectivity index (χ1v) is 8.11. The molecule has 0 bridgehead atoms. The number of pyridine rings is 1. The zero-order valence-corrected chi connectivity index (χ0v) is 14.2. The molecule has 27 heavy (non-hydrogen) atoms. The molecule has 0 radical (unpaired) electrons. The summed E-state index contributed by atoms with van der Waals surface area (Å²) in [6.45, 7) is 0. The molecule has 4 nitrogen and oxygen atoms in total. The van der Waals surface area contributed by atoms with Gasteiger partial charge in [-0.3, -0.25) is 4.98 Å². The molecule has 1 N–H and O–H groups in total. The molecule has 4 rings (SSSR count). The number of hydrogen-bond acceptors (Lipinski definition) is 4. The van der Waals surface area contributed by atoms with E-state index in [2.05, 4.69) is 20.3 Å². The lowest BCUT2D eigenvalue weighted by Crippen LogP contribution is -2.01. The van der Waals surface area contributed by atoms with Crippen molar-refractivity contribution in [2.75, 3.05) is 12.4 Å². The standard InChI is InChI=1S/C20H13F3N4/c1-24-20-17-16(26-19(27-20)11-3-2-6-25-10-11)5-4-15(18(17)23)12-7-13(21)9-14(22)8-12/h2-10H,1H3,(H,24,26,27). The van der Waals surface area contributed by atoms with Gasteiger partial charge < -0.3 is 5.32 Å². The van der Waals surface area contributed by atoms with Gasteiger partial charge in [-0.1, -0.05) is 0 Å². The molecule has 0 amide bonds. The highest BCUT2D eigenvalue weighted by Crippen LogP contribution is 2.33. The molecule has 134 valence electrons. The van der Waals surface area contributed by atoms with Gasteiger partial charge in [0.25, 0.3) is 0 Å². The first-order valence-electron chi connectivity index (χ1n) is 8.11. The van der Waals surface area contributed by atoms with Gasteiger partial charge in [-0.2, -0.15) is 0 Å². The quantitative estimate of drug-likeness (QED) is 0.565. The highest BCUT2D eigenvalue weighted by atomic mass is 19.1. The molecule has 0 atom stereocenters. The molecule has 4 aromatic rings. The van der Waals surface area contributed by atoms with Crippen molar-refractivity contribution in [2.45, 2.75) is 0 Å². The molecule has 0 fully saturated rings. The fourth-order valence-electron chi connectivity index (χ4n) is 2.92. The predicted octanol–water partition coefficient (Wildman–Crippen LogP) is 4.82. The summed E-state index contributed by atoms with van der Waals surface area (Å²) >= 11 is 0. The van der Waals surface area contributed by atoms with Crippen LogP contribution in [0.15, 0.2) is 54.9 Å². The maximum atomic E-state index is 15.2. The molecule has 2 aromatic carbocycles. The molecule has 2 aromatic heterocycles. The van der Waals surface area contributed by atoms with E-state index in [1.807, 2.05) is 0 Å². The molecule has 0 aliphatic rings. The Morgan fingerprint density at radius 1 is 0.889 bits per heavy atom. The molecule has 2 heterocycles. The summed E-state index contributed by atoms with van der Waals surface area (Å²) in [6, 6.07) is 9.50. The first-order chi connectivity index (χ1) is 13.1. The molecule has 7 heteroatoms. The van der Waals surface area contributed by atoms with E-state index in [-0.39, 0.29) is 22.3 Å². The van der Waals surface area contributed by atoms with Gasteiger partial charge in [-0.15, -0.1) is 0 Å². The minimum atomic E-state index is -0.776. The number of benzene rings is 2. The van der Waals surface area contributed by atoms with Gasteiger partial charge >= 0.3 is 0 Å². The summed E-state index contributed by atoms with van der Waals surface area (Å²) in [7, 11) is 1.61. The largest absolute Gasteiger partial charge is 0.372 e. The second-order valence-corrected chi connectivity index (χ2v) is 5.87. The molecule has 0 spiro atoms. The fraction of sp³-hybridized carbons (Fsp3) is 0.0500. The number of aromatic nitrogens is 3. The van der Waals surface area contributed by atoms with Gasteiger partial charge in [0.05, 0.1) is 10.9 Å². The van der Waals surface area contributed by atoms with Gasteiger partial charge in [-0.25, -0.2) is 23.1 Å². The molecule has 0 aliphatic carbocycles. The molecule has 0 saturated carbocycles. The van der Waals surface area contributed by atoms with Crippen LogP contribution in [0.3, 0.4) is 0 Å². The van der Waals surface area contributed by atoms with E-state index in [9.17, 15) is 8.78 Å². The topological polar surface area (TPSA) is 50.7 Å². The van der Waals surface area contributed by atoms with Crippen LogP contribution >= 0.6 is 0 Å². The second-order valence-electron chi connectivity index (χ2n) is 5.87. The Hall–Kier alpha value is -3.48. The molecular weight excluding hydrogens is 353 g/mol. The first kappa shape index (κ1) is 17.0. The Morgan fingerprint density at radius 3 is 2.33 bits per heavy atom. The summed E-state index contributed by atoms with van der Waals surface area (Å²) in [6.07, 6.45) is 3.24. The number of halogens is 3. The minimum Gasteiger partial charge on any atom is -0.372 e. The maximum absolute atomic E-state index is 15.2. The monoisotopic (exact) mass is 366 g/mol. The van der Waals surface area contributed by atoms with Gasteiger partial charge in [0.1, 0.15) is 23.3 Å². The van der Waals surface area contributed by atoms with Crippen LogP contribution in [-0.4, -0.2) is 22.0 Å². The van der Waals surface area contributed by atoms with Crippen LogP contribution < -0.4 is 5.32 Å². The summed E-state index contributed by atoms with van der Waals surface area (Å²) < 4.78 is 42.3. The van der Waals surface area contributed by atoms with Crippen LogP contribution in [0, 0.1) is 17.5 Å². The van der Waals surface area contributed by atoms with Crippen LogP contribution in [0.1, 0.15) is 0 Å². The van der Waals surface area contributed by atoms with Crippen molar-refractivity contribution in [3.63, 3.8) is 0 Å². The van der Waals surface area contributed by atoms with E-state index < -0.39 is 17.5 Å². The van der Waals surface area contributed by atoms with Gasteiger partial charge in [0.2, 0.25) is 0 Å². The number of hydrogen-bond donors (Lipinski definition) is 1. The van der Waals surface area contributed by atoms with Crippen molar-refractivity contribution in [1.82, 2.24) is 15.0 Å². The van der Waals surface area contributed by atoms with Crippen LogP contribution in [0.4, 0.5) is 19.0 Å². The Labute approximate surface area is 152 Å². The highest BCUT2D eigenvalue weighted by Gasteiger charge is 2.17. The smallest absolute Gasteiger partial charge is 0.163 e. The molecular formula is C20H13F3N4. The van der Waals surface area contributed by atoms with Gasteiger partial charge in [0, 0.05) is 36.6 Å². The van der Waals surface area contributed by atoms with Crippen molar-refractivity contribution in [3.05, 3.63) is 72.3 Å². The van der Waals surface area contributed by atoms with Crippen molar-refractivity contribution in [2.24, 2.45) is 0 Å². The van der Waals surface area contributed by atoms with Crippen LogP contribution in [-0.2, 0) is 0 Å². The Balaban J connectivity index is 1.95. The Bertz CT molecular complexity index is 1130. The van der Waals surface area contributed by atoms with Crippen LogP contribution in [0.2, 0.25) is 0 Å². The lowest BCUT2D eigenvalue weighted by atomic mass is 10.0. The summed E-state index contributed by atoms with van der Waals surface area (Å²) in [5.41, 5.74) is 1.22. The lowest BCUT2D eigenvalue weighted by Gasteiger charge is -2.12. The Kier molecular flexibility index (Phi) is 4.19. The molecule has 0 unspecified atom stereocenters.